The Bertz CT molecular complexity index is 1130. The number of carbonyl (C=O) groups is 1. The van der Waals surface area contributed by atoms with E-state index in [0.29, 0.717) is 18.0 Å². The van der Waals surface area contributed by atoms with E-state index in [1.165, 1.54) is 6.42 Å². The number of furan rings is 1. The highest BCUT2D eigenvalue weighted by atomic mass is 16.3. The van der Waals surface area contributed by atoms with E-state index in [9.17, 15) is 4.79 Å². The molecule has 1 saturated carbocycles. The molecule has 3 aromatic heterocycles. The molecule has 1 aliphatic carbocycles. The predicted molar refractivity (Wildman–Crippen MR) is 112 cm³/mol. The standard InChI is InChI=1S/C23H23N5O2/c29-23(21-12-7-13-30-21)27(20-10-5-2-6-11-20)15-19-14-18(17-8-3-1-4-9-17)16-28-22(19)24-25-26-28/h1,3-4,7-9,12-14,16,20H,2,5-6,10-11,15H2. The van der Waals surface area contributed by atoms with Crippen LogP contribution in [0.1, 0.15) is 48.2 Å². The smallest absolute Gasteiger partial charge is 0.290 e. The van der Waals surface area contributed by atoms with Crippen molar-refractivity contribution in [2.45, 2.75) is 44.7 Å². The average Bonchev–Trinajstić information content (AvgIpc) is 3.50. The van der Waals surface area contributed by atoms with Crippen molar-refractivity contribution in [2.24, 2.45) is 0 Å². The first kappa shape index (κ1) is 18.5. The number of amides is 1. The van der Waals surface area contributed by atoms with Crippen molar-refractivity contribution in [3.05, 3.63) is 72.3 Å². The van der Waals surface area contributed by atoms with Gasteiger partial charge in [0.25, 0.3) is 5.91 Å². The van der Waals surface area contributed by atoms with Crippen molar-refractivity contribution in [3.63, 3.8) is 0 Å². The van der Waals surface area contributed by atoms with E-state index < -0.39 is 0 Å². The van der Waals surface area contributed by atoms with Crippen LogP contribution >= 0.6 is 0 Å². The maximum Gasteiger partial charge on any atom is 0.290 e. The second kappa shape index (κ2) is 8.10. The van der Waals surface area contributed by atoms with Gasteiger partial charge in [0.1, 0.15) is 0 Å². The molecule has 0 aliphatic heterocycles. The molecule has 7 nitrogen and oxygen atoms in total. The lowest BCUT2D eigenvalue weighted by Crippen LogP contribution is -2.41. The summed E-state index contributed by atoms with van der Waals surface area (Å²) in [7, 11) is 0. The molecule has 0 saturated heterocycles. The molecular weight excluding hydrogens is 378 g/mol. The third-order valence-electron chi connectivity index (χ3n) is 5.83. The zero-order valence-electron chi connectivity index (χ0n) is 16.6. The molecule has 1 fully saturated rings. The Hall–Kier alpha value is -3.48. The summed E-state index contributed by atoms with van der Waals surface area (Å²) >= 11 is 0. The zero-order valence-corrected chi connectivity index (χ0v) is 16.6. The first-order chi connectivity index (χ1) is 14.8. The highest BCUT2D eigenvalue weighted by Crippen LogP contribution is 2.28. The number of benzene rings is 1. The maximum absolute atomic E-state index is 13.3. The van der Waals surface area contributed by atoms with Crippen LogP contribution in [0, 0.1) is 0 Å². The summed E-state index contributed by atoms with van der Waals surface area (Å²) in [6.07, 6.45) is 8.98. The normalized spacial score (nSPS) is 14.8. The molecular formula is C23H23N5O2. The van der Waals surface area contributed by atoms with Crippen molar-refractivity contribution in [3.8, 4) is 11.1 Å². The lowest BCUT2D eigenvalue weighted by molar-refractivity contribution is 0.0582. The van der Waals surface area contributed by atoms with Crippen LogP contribution in [0.3, 0.4) is 0 Å². The minimum Gasteiger partial charge on any atom is -0.459 e. The van der Waals surface area contributed by atoms with E-state index in [1.807, 2.05) is 29.3 Å². The number of carbonyl (C=O) groups excluding carboxylic acids is 1. The van der Waals surface area contributed by atoms with Crippen LogP contribution < -0.4 is 0 Å². The molecule has 4 aromatic rings. The Morgan fingerprint density at radius 2 is 1.90 bits per heavy atom. The summed E-state index contributed by atoms with van der Waals surface area (Å²) in [6, 6.07) is 15.9. The number of pyridine rings is 1. The number of nitrogens with zero attached hydrogens (tertiary/aromatic N) is 5. The Labute approximate surface area is 174 Å². The van der Waals surface area contributed by atoms with Crippen molar-refractivity contribution >= 4 is 11.6 Å². The van der Waals surface area contributed by atoms with E-state index >= 15 is 0 Å². The molecule has 0 unspecified atom stereocenters. The van der Waals surface area contributed by atoms with Crippen LogP contribution in [-0.4, -0.2) is 36.9 Å². The Morgan fingerprint density at radius 1 is 1.07 bits per heavy atom. The van der Waals surface area contributed by atoms with Crippen molar-refractivity contribution in [1.82, 2.24) is 24.9 Å². The van der Waals surface area contributed by atoms with Gasteiger partial charge in [0, 0.05) is 23.4 Å². The van der Waals surface area contributed by atoms with Crippen LogP contribution in [-0.2, 0) is 6.54 Å². The second-order valence-electron chi connectivity index (χ2n) is 7.77. The first-order valence-electron chi connectivity index (χ1n) is 10.4. The summed E-state index contributed by atoms with van der Waals surface area (Å²) in [5.41, 5.74) is 3.69. The van der Waals surface area contributed by atoms with Gasteiger partial charge in [0.2, 0.25) is 0 Å². The number of tetrazole rings is 1. The topological polar surface area (TPSA) is 76.5 Å². The summed E-state index contributed by atoms with van der Waals surface area (Å²) in [6.45, 7) is 0.439. The molecule has 0 atom stereocenters. The fourth-order valence-corrected chi connectivity index (χ4v) is 4.30. The van der Waals surface area contributed by atoms with Crippen LogP contribution in [0.4, 0.5) is 0 Å². The lowest BCUT2D eigenvalue weighted by atomic mass is 9.93. The van der Waals surface area contributed by atoms with Crippen LogP contribution in [0.25, 0.3) is 16.8 Å². The van der Waals surface area contributed by atoms with Crippen LogP contribution in [0.15, 0.2) is 65.4 Å². The van der Waals surface area contributed by atoms with E-state index in [4.69, 9.17) is 4.42 Å². The van der Waals surface area contributed by atoms with Gasteiger partial charge in [-0.2, -0.15) is 4.52 Å². The summed E-state index contributed by atoms with van der Waals surface area (Å²) in [5, 5.41) is 12.2. The summed E-state index contributed by atoms with van der Waals surface area (Å²) in [5.74, 6) is 0.290. The zero-order chi connectivity index (χ0) is 20.3. The quantitative estimate of drug-likeness (QED) is 0.497. The molecule has 0 spiro atoms. The Morgan fingerprint density at radius 3 is 2.67 bits per heavy atom. The number of fused-ring (bicyclic) bond motifs is 1. The summed E-state index contributed by atoms with van der Waals surface area (Å²) < 4.78 is 7.12. The molecule has 0 bridgehead atoms. The molecule has 0 radical (unpaired) electrons. The van der Waals surface area contributed by atoms with Crippen molar-refractivity contribution in [1.29, 1.82) is 0 Å². The fraction of sp³-hybridized carbons (Fsp3) is 0.304. The number of hydrogen-bond donors (Lipinski definition) is 0. The van der Waals surface area contributed by atoms with Gasteiger partial charge < -0.3 is 9.32 Å². The molecule has 0 N–H and O–H groups in total. The van der Waals surface area contributed by atoms with Crippen LogP contribution in [0.2, 0.25) is 0 Å². The molecule has 1 amide bonds. The largest absolute Gasteiger partial charge is 0.459 e. The Kier molecular flexibility index (Phi) is 5.01. The fourth-order valence-electron chi connectivity index (χ4n) is 4.30. The minimum atomic E-state index is -0.0809. The van der Waals surface area contributed by atoms with Gasteiger partial charge in [-0.15, -0.1) is 5.10 Å². The minimum absolute atomic E-state index is 0.0809. The van der Waals surface area contributed by atoms with Gasteiger partial charge in [0.15, 0.2) is 11.4 Å². The average molecular weight is 401 g/mol. The third kappa shape index (κ3) is 3.58. The SMILES string of the molecule is O=C(c1ccco1)N(Cc1cc(-c2ccccc2)cn2nnnc12)C1CCCCC1. The molecule has 1 aromatic carbocycles. The number of hydrogen-bond acceptors (Lipinski definition) is 5. The molecule has 5 rings (SSSR count). The highest BCUT2D eigenvalue weighted by molar-refractivity contribution is 5.91. The number of rotatable bonds is 5. The van der Waals surface area contributed by atoms with Gasteiger partial charge in [-0.1, -0.05) is 49.6 Å². The van der Waals surface area contributed by atoms with Gasteiger partial charge in [-0.25, -0.2) is 0 Å². The highest BCUT2D eigenvalue weighted by Gasteiger charge is 2.29. The van der Waals surface area contributed by atoms with E-state index in [2.05, 4.69) is 33.7 Å². The molecule has 3 heterocycles. The maximum atomic E-state index is 13.3. The predicted octanol–water partition coefficient (Wildman–Crippen LogP) is 4.36. The van der Waals surface area contributed by atoms with Gasteiger partial charge >= 0.3 is 0 Å². The Balaban J connectivity index is 1.55. The number of aromatic nitrogens is 4. The second-order valence-corrected chi connectivity index (χ2v) is 7.77. The third-order valence-corrected chi connectivity index (χ3v) is 5.83. The summed E-state index contributed by atoms with van der Waals surface area (Å²) in [4.78, 5) is 15.3. The molecule has 152 valence electrons. The van der Waals surface area contributed by atoms with Crippen molar-refractivity contribution in [2.75, 3.05) is 0 Å². The first-order valence-corrected chi connectivity index (χ1v) is 10.4. The van der Waals surface area contributed by atoms with Crippen molar-refractivity contribution < 1.29 is 9.21 Å². The van der Waals surface area contributed by atoms with Gasteiger partial charge in [-0.05, 0) is 47.0 Å². The molecule has 30 heavy (non-hydrogen) atoms. The molecule has 1 aliphatic rings. The van der Waals surface area contributed by atoms with Gasteiger partial charge in [0.05, 0.1) is 12.8 Å². The van der Waals surface area contributed by atoms with E-state index in [-0.39, 0.29) is 11.9 Å². The van der Waals surface area contributed by atoms with Gasteiger partial charge in [-0.3, -0.25) is 4.79 Å². The molecule has 7 heteroatoms. The van der Waals surface area contributed by atoms with E-state index in [1.54, 1.807) is 22.9 Å². The monoisotopic (exact) mass is 401 g/mol. The van der Waals surface area contributed by atoms with Crippen LogP contribution in [0.5, 0.6) is 0 Å². The lowest BCUT2D eigenvalue weighted by Gasteiger charge is -2.34. The van der Waals surface area contributed by atoms with E-state index in [0.717, 1.165) is 42.4 Å².